The first kappa shape index (κ1) is 12.5. The molecule has 0 N–H and O–H groups in total. The minimum Gasteiger partial charge on any atom is -0.462 e. The number of rotatable bonds is 2. The number of carbonyl (C=O) groups is 1. The molecule has 0 bridgehead atoms. The van der Waals surface area contributed by atoms with E-state index in [0.29, 0.717) is 17.8 Å². The van der Waals surface area contributed by atoms with Crippen molar-refractivity contribution < 1.29 is 9.53 Å². The molecule has 2 nitrogen and oxygen atoms in total. The van der Waals surface area contributed by atoms with E-state index in [1.807, 2.05) is 6.92 Å². The number of ether oxygens (including phenoxy) is 1. The molecule has 1 fully saturated rings. The highest BCUT2D eigenvalue weighted by Crippen LogP contribution is 2.38. The van der Waals surface area contributed by atoms with Crippen molar-refractivity contribution in [2.75, 3.05) is 0 Å². The van der Waals surface area contributed by atoms with Gasteiger partial charge in [-0.05, 0) is 37.0 Å². The van der Waals surface area contributed by atoms with Gasteiger partial charge in [-0.3, -0.25) is 4.79 Å². The van der Waals surface area contributed by atoms with Crippen LogP contribution in [0.1, 0.15) is 59.8 Å². The standard InChI is InChI=1S/C13H24O2/c1-5-12(14)15-11-8-6-7-10(9-11)13(2,3)4/h10-11H,5-9H2,1-4H3/t10-,11-/m0/s1. The summed E-state index contributed by atoms with van der Waals surface area (Å²) in [6.07, 6.45) is 5.26. The molecule has 1 saturated carbocycles. The second-order valence-electron chi connectivity index (χ2n) is 5.69. The van der Waals surface area contributed by atoms with Gasteiger partial charge in [0.2, 0.25) is 0 Å². The third-order valence-electron chi connectivity index (χ3n) is 3.44. The Kier molecular flexibility index (Phi) is 4.18. The van der Waals surface area contributed by atoms with E-state index in [-0.39, 0.29) is 12.1 Å². The summed E-state index contributed by atoms with van der Waals surface area (Å²) in [6.45, 7) is 8.69. The van der Waals surface area contributed by atoms with Crippen LogP contribution in [0.2, 0.25) is 0 Å². The van der Waals surface area contributed by atoms with Gasteiger partial charge in [0.15, 0.2) is 0 Å². The fourth-order valence-electron chi connectivity index (χ4n) is 2.31. The molecule has 0 aromatic rings. The van der Waals surface area contributed by atoms with Crippen molar-refractivity contribution in [1.29, 1.82) is 0 Å². The molecule has 1 rings (SSSR count). The molecule has 0 heterocycles. The molecule has 0 spiro atoms. The monoisotopic (exact) mass is 212 g/mol. The summed E-state index contributed by atoms with van der Waals surface area (Å²) >= 11 is 0. The highest BCUT2D eigenvalue weighted by Gasteiger charge is 2.31. The van der Waals surface area contributed by atoms with Crippen LogP contribution in [0, 0.1) is 11.3 Å². The topological polar surface area (TPSA) is 26.3 Å². The summed E-state index contributed by atoms with van der Waals surface area (Å²) in [7, 11) is 0. The van der Waals surface area contributed by atoms with Gasteiger partial charge in [-0.2, -0.15) is 0 Å². The van der Waals surface area contributed by atoms with Crippen LogP contribution in [0.5, 0.6) is 0 Å². The smallest absolute Gasteiger partial charge is 0.305 e. The first-order valence-electron chi connectivity index (χ1n) is 6.13. The average molecular weight is 212 g/mol. The quantitative estimate of drug-likeness (QED) is 0.654. The van der Waals surface area contributed by atoms with Crippen molar-refractivity contribution in [1.82, 2.24) is 0 Å². The lowest BCUT2D eigenvalue weighted by Crippen LogP contribution is -2.31. The Morgan fingerprint density at radius 2 is 2.00 bits per heavy atom. The summed E-state index contributed by atoms with van der Waals surface area (Å²) < 4.78 is 5.43. The van der Waals surface area contributed by atoms with Crippen molar-refractivity contribution >= 4 is 5.97 Å². The second-order valence-corrected chi connectivity index (χ2v) is 5.69. The van der Waals surface area contributed by atoms with Gasteiger partial charge in [-0.15, -0.1) is 0 Å². The average Bonchev–Trinajstić information content (AvgIpc) is 2.17. The molecule has 15 heavy (non-hydrogen) atoms. The maximum absolute atomic E-state index is 11.2. The van der Waals surface area contributed by atoms with Gasteiger partial charge in [0.1, 0.15) is 6.10 Å². The van der Waals surface area contributed by atoms with Crippen LogP contribution >= 0.6 is 0 Å². The summed E-state index contributed by atoms with van der Waals surface area (Å²) in [5.41, 5.74) is 0.345. The highest BCUT2D eigenvalue weighted by atomic mass is 16.5. The Balaban J connectivity index is 2.46. The van der Waals surface area contributed by atoms with Gasteiger partial charge in [0.25, 0.3) is 0 Å². The molecule has 1 aliphatic rings. The third kappa shape index (κ3) is 3.84. The van der Waals surface area contributed by atoms with E-state index in [9.17, 15) is 4.79 Å². The summed E-state index contributed by atoms with van der Waals surface area (Å²) in [5, 5.41) is 0. The van der Waals surface area contributed by atoms with Crippen molar-refractivity contribution in [2.24, 2.45) is 11.3 Å². The molecule has 88 valence electrons. The van der Waals surface area contributed by atoms with Crippen molar-refractivity contribution in [3.8, 4) is 0 Å². The lowest BCUT2D eigenvalue weighted by Gasteiger charge is -2.37. The number of hydrogen-bond donors (Lipinski definition) is 0. The van der Waals surface area contributed by atoms with Crippen LogP contribution in [-0.4, -0.2) is 12.1 Å². The number of hydrogen-bond acceptors (Lipinski definition) is 2. The fourth-order valence-corrected chi connectivity index (χ4v) is 2.31. The van der Waals surface area contributed by atoms with Gasteiger partial charge in [-0.1, -0.05) is 27.7 Å². The molecule has 0 unspecified atom stereocenters. The minimum absolute atomic E-state index is 0.0467. The van der Waals surface area contributed by atoms with Gasteiger partial charge in [0.05, 0.1) is 0 Å². The zero-order valence-electron chi connectivity index (χ0n) is 10.5. The van der Waals surface area contributed by atoms with Crippen molar-refractivity contribution in [3.63, 3.8) is 0 Å². The van der Waals surface area contributed by atoms with Crippen LogP contribution in [0.25, 0.3) is 0 Å². The van der Waals surface area contributed by atoms with E-state index in [0.717, 1.165) is 12.8 Å². The molecular formula is C13H24O2. The molecule has 0 aromatic heterocycles. The molecule has 2 atom stereocenters. The highest BCUT2D eigenvalue weighted by molar-refractivity contribution is 5.69. The van der Waals surface area contributed by atoms with Crippen molar-refractivity contribution in [3.05, 3.63) is 0 Å². The molecule has 0 amide bonds. The molecule has 0 aromatic carbocycles. The van der Waals surface area contributed by atoms with Crippen LogP contribution in [0.3, 0.4) is 0 Å². The van der Waals surface area contributed by atoms with Crippen molar-refractivity contribution in [2.45, 2.75) is 65.9 Å². The predicted molar refractivity (Wildman–Crippen MR) is 61.6 cm³/mol. The minimum atomic E-state index is -0.0467. The number of esters is 1. The zero-order chi connectivity index (χ0) is 11.5. The molecular weight excluding hydrogens is 188 g/mol. The van der Waals surface area contributed by atoms with Crippen LogP contribution in [0.4, 0.5) is 0 Å². The Morgan fingerprint density at radius 3 is 2.53 bits per heavy atom. The van der Waals surface area contributed by atoms with Crippen LogP contribution in [0.15, 0.2) is 0 Å². The lowest BCUT2D eigenvalue weighted by atomic mass is 9.71. The maximum Gasteiger partial charge on any atom is 0.305 e. The Bertz CT molecular complexity index is 215. The maximum atomic E-state index is 11.2. The third-order valence-corrected chi connectivity index (χ3v) is 3.44. The molecule has 0 aliphatic heterocycles. The molecule has 0 saturated heterocycles. The van der Waals surface area contributed by atoms with E-state index in [1.165, 1.54) is 12.8 Å². The van der Waals surface area contributed by atoms with Gasteiger partial charge in [0, 0.05) is 6.42 Å². The molecule has 1 aliphatic carbocycles. The van der Waals surface area contributed by atoms with E-state index >= 15 is 0 Å². The predicted octanol–water partition coefficient (Wildman–Crippen LogP) is 3.54. The Labute approximate surface area is 93.4 Å². The van der Waals surface area contributed by atoms with Crippen LogP contribution < -0.4 is 0 Å². The normalized spacial score (nSPS) is 27.5. The molecule has 2 heteroatoms. The van der Waals surface area contributed by atoms with Gasteiger partial charge in [-0.25, -0.2) is 0 Å². The summed E-state index contributed by atoms with van der Waals surface area (Å²) in [5.74, 6) is 0.649. The summed E-state index contributed by atoms with van der Waals surface area (Å²) in [4.78, 5) is 11.2. The lowest BCUT2D eigenvalue weighted by molar-refractivity contribution is -0.151. The van der Waals surface area contributed by atoms with Crippen LogP contribution in [-0.2, 0) is 9.53 Å². The van der Waals surface area contributed by atoms with Gasteiger partial charge < -0.3 is 4.74 Å². The SMILES string of the molecule is CCC(=O)O[C@H]1CCC[C@H](C(C)(C)C)C1. The summed E-state index contributed by atoms with van der Waals surface area (Å²) in [6, 6.07) is 0. The zero-order valence-corrected chi connectivity index (χ0v) is 10.5. The van der Waals surface area contributed by atoms with Gasteiger partial charge >= 0.3 is 5.97 Å². The van der Waals surface area contributed by atoms with E-state index < -0.39 is 0 Å². The first-order valence-corrected chi connectivity index (χ1v) is 6.13. The Morgan fingerprint density at radius 1 is 1.33 bits per heavy atom. The largest absolute Gasteiger partial charge is 0.462 e. The second kappa shape index (κ2) is 5.00. The molecule has 0 radical (unpaired) electrons. The van der Waals surface area contributed by atoms with E-state index in [1.54, 1.807) is 0 Å². The van der Waals surface area contributed by atoms with E-state index in [4.69, 9.17) is 4.74 Å². The van der Waals surface area contributed by atoms with E-state index in [2.05, 4.69) is 20.8 Å². The fraction of sp³-hybridized carbons (Fsp3) is 0.923. The number of carbonyl (C=O) groups excluding carboxylic acids is 1. The first-order chi connectivity index (χ1) is 6.93. The Hall–Kier alpha value is -0.530.